The number of aliphatic hydroxyl groups excluding tert-OH is 2. The molecule has 0 atom stereocenters. The van der Waals surface area contributed by atoms with Crippen LogP contribution < -0.4 is 16.0 Å². The number of hydrogen-bond acceptors (Lipinski definition) is 6. The number of aromatic nitrogens is 2. The van der Waals surface area contributed by atoms with E-state index in [2.05, 4.69) is 4.98 Å². The summed E-state index contributed by atoms with van der Waals surface area (Å²) in [5.41, 5.74) is 1.18. The van der Waals surface area contributed by atoms with Crippen LogP contribution in [-0.2, 0) is 17.9 Å². The highest BCUT2D eigenvalue weighted by Crippen LogP contribution is 2.23. The minimum Gasteiger partial charge on any atom is -0.457 e. The molecule has 0 fully saturated rings. The molecule has 0 bridgehead atoms. The summed E-state index contributed by atoms with van der Waals surface area (Å²) in [6, 6.07) is 15.1. The van der Waals surface area contributed by atoms with E-state index in [4.69, 9.17) is 19.7 Å². The lowest BCUT2D eigenvalue weighted by molar-refractivity contribution is -0.0513. The molecule has 0 radical (unpaired) electrons. The average molecular weight is 412 g/mol. The van der Waals surface area contributed by atoms with Gasteiger partial charge in [0.2, 0.25) is 0 Å². The van der Waals surface area contributed by atoms with E-state index in [1.54, 1.807) is 0 Å². The first-order chi connectivity index (χ1) is 14.5. The molecular weight excluding hydrogens is 388 g/mol. The fraction of sp³-hybridized carbons (Fsp3) is 0.273. The van der Waals surface area contributed by atoms with Crippen molar-refractivity contribution in [3.05, 3.63) is 92.3 Å². The standard InChI is InChI=1S/C22H24N2O6/c1-15-4-2-6-18(8-15)30-19-7-3-5-16(10-19)9-17-11-24(22(28)23-21(17)27)14-29-20(12-25)13-26/h2-8,10-11,20,25-26H,9,12-14H2,1H3,(H,23,27,28). The van der Waals surface area contributed by atoms with Gasteiger partial charge in [0.1, 0.15) is 24.3 Å². The van der Waals surface area contributed by atoms with Crippen molar-refractivity contribution < 1.29 is 19.7 Å². The monoisotopic (exact) mass is 412 g/mol. The molecule has 0 aliphatic carbocycles. The molecule has 1 heterocycles. The molecule has 3 N–H and O–H groups in total. The molecule has 1 aromatic heterocycles. The average Bonchev–Trinajstić information content (AvgIpc) is 2.72. The number of ether oxygens (including phenoxy) is 2. The molecule has 3 rings (SSSR count). The molecule has 2 aromatic carbocycles. The molecule has 0 saturated carbocycles. The number of hydrogen-bond donors (Lipinski definition) is 3. The largest absolute Gasteiger partial charge is 0.457 e. The van der Waals surface area contributed by atoms with Crippen LogP contribution in [0.25, 0.3) is 0 Å². The highest BCUT2D eigenvalue weighted by Gasteiger charge is 2.10. The minimum atomic E-state index is -0.803. The topological polar surface area (TPSA) is 114 Å². The quantitative estimate of drug-likeness (QED) is 0.492. The number of aryl methyl sites for hydroxylation is 1. The Morgan fingerprint density at radius 2 is 1.73 bits per heavy atom. The lowest BCUT2D eigenvalue weighted by atomic mass is 10.1. The van der Waals surface area contributed by atoms with E-state index in [0.29, 0.717) is 11.3 Å². The Bertz CT molecular complexity index is 1100. The van der Waals surface area contributed by atoms with Crippen molar-refractivity contribution in [3.63, 3.8) is 0 Å². The van der Waals surface area contributed by atoms with Crippen molar-refractivity contribution in [1.82, 2.24) is 9.55 Å². The lowest BCUT2D eigenvalue weighted by Crippen LogP contribution is -2.34. The third-order valence-electron chi connectivity index (χ3n) is 4.46. The Morgan fingerprint density at radius 3 is 2.43 bits per heavy atom. The maximum Gasteiger partial charge on any atom is 0.330 e. The molecule has 0 unspecified atom stereocenters. The molecule has 0 spiro atoms. The Labute approximate surface area is 173 Å². The molecule has 0 amide bonds. The molecule has 30 heavy (non-hydrogen) atoms. The minimum absolute atomic E-state index is 0.203. The van der Waals surface area contributed by atoms with Gasteiger partial charge in [-0.05, 0) is 42.3 Å². The van der Waals surface area contributed by atoms with Gasteiger partial charge in [0.05, 0.1) is 13.2 Å². The molecule has 8 heteroatoms. The van der Waals surface area contributed by atoms with E-state index in [1.165, 1.54) is 10.8 Å². The Kier molecular flexibility index (Phi) is 7.18. The summed E-state index contributed by atoms with van der Waals surface area (Å²) in [6.07, 6.45) is 0.896. The highest BCUT2D eigenvalue weighted by atomic mass is 16.5. The lowest BCUT2D eigenvalue weighted by Gasteiger charge is -2.14. The summed E-state index contributed by atoms with van der Waals surface area (Å²) in [6.45, 7) is 1.02. The highest BCUT2D eigenvalue weighted by molar-refractivity contribution is 5.36. The summed E-state index contributed by atoms with van der Waals surface area (Å²) < 4.78 is 12.3. The summed E-state index contributed by atoms with van der Waals surface area (Å²) >= 11 is 0. The summed E-state index contributed by atoms with van der Waals surface area (Å²) in [5, 5.41) is 18.1. The fourth-order valence-electron chi connectivity index (χ4n) is 2.88. The zero-order valence-electron chi connectivity index (χ0n) is 16.6. The van der Waals surface area contributed by atoms with Crippen LogP contribution in [0.15, 0.2) is 64.3 Å². The van der Waals surface area contributed by atoms with Gasteiger partial charge < -0.3 is 19.7 Å². The van der Waals surface area contributed by atoms with Gasteiger partial charge in [-0.15, -0.1) is 0 Å². The summed E-state index contributed by atoms with van der Waals surface area (Å²) in [7, 11) is 0. The first-order valence-corrected chi connectivity index (χ1v) is 9.48. The number of benzene rings is 2. The number of aromatic amines is 1. The summed E-state index contributed by atoms with van der Waals surface area (Å²) in [4.78, 5) is 26.5. The Hall–Kier alpha value is -3.20. The zero-order valence-corrected chi connectivity index (χ0v) is 16.6. The Morgan fingerprint density at radius 1 is 1.03 bits per heavy atom. The van der Waals surface area contributed by atoms with Gasteiger partial charge >= 0.3 is 5.69 Å². The maximum atomic E-state index is 12.2. The number of nitrogens with zero attached hydrogens (tertiary/aromatic N) is 1. The second-order valence-corrected chi connectivity index (χ2v) is 6.91. The molecule has 0 aliphatic heterocycles. The van der Waals surface area contributed by atoms with Crippen molar-refractivity contribution >= 4 is 0 Å². The number of aliphatic hydroxyl groups is 2. The predicted molar refractivity (Wildman–Crippen MR) is 111 cm³/mol. The van der Waals surface area contributed by atoms with E-state index in [-0.39, 0.29) is 26.4 Å². The third kappa shape index (κ3) is 5.66. The van der Waals surface area contributed by atoms with Gasteiger partial charge in [-0.2, -0.15) is 0 Å². The van der Waals surface area contributed by atoms with Crippen molar-refractivity contribution in [3.8, 4) is 11.5 Å². The number of rotatable bonds is 9. The molecule has 0 saturated heterocycles. The van der Waals surface area contributed by atoms with Gasteiger partial charge in [-0.25, -0.2) is 4.79 Å². The van der Waals surface area contributed by atoms with Crippen LogP contribution in [0.1, 0.15) is 16.7 Å². The van der Waals surface area contributed by atoms with Crippen LogP contribution in [-0.4, -0.2) is 39.1 Å². The Balaban J connectivity index is 1.78. The van der Waals surface area contributed by atoms with Crippen LogP contribution in [0.3, 0.4) is 0 Å². The van der Waals surface area contributed by atoms with Crippen molar-refractivity contribution in [2.75, 3.05) is 13.2 Å². The van der Waals surface area contributed by atoms with Gasteiger partial charge in [-0.1, -0.05) is 24.3 Å². The van der Waals surface area contributed by atoms with Crippen LogP contribution in [0.4, 0.5) is 0 Å². The molecule has 0 aliphatic rings. The second kappa shape index (κ2) is 10.0. The third-order valence-corrected chi connectivity index (χ3v) is 4.46. The van der Waals surface area contributed by atoms with E-state index >= 15 is 0 Å². The van der Waals surface area contributed by atoms with E-state index in [0.717, 1.165) is 16.9 Å². The van der Waals surface area contributed by atoms with Crippen molar-refractivity contribution in [2.24, 2.45) is 0 Å². The molecule has 8 nitrogen and oxygen atoms in total. The van der Waals surface area contributed by atoms with Gasteiger partial charge in [0.25, 0.3) is 5.56 Å². The molecular formula is C22H24N2O6. The maximum absolute atomic E-state index is 12.2. The zero-order chi connectivity index (χ0) is 21.5. The van der Waals surface area contributed by atoms with E-state index in [9.17, 15) is 9.59 Å². The van der Waals surface area contributed by atoms with Gasteiger partial charge in [0.15, 0.2) is 0 Å². The SMILES string of the molecule is Cc1cccc(Oc2cccc(Cc3cn(COC(CO)CO)c(=O)[nH]c3=O)c2)c1. The smallest absolute Gasteiger partial charge is 0.330 e. The summed E-state index contributed by atoms with van der Waals surface area (Å²) in [5.74, 6) is 1.36. The van der Waals surface area contributed by atoms with E-state index in [1.807, 2.05) is 55.5 Å². The molecule has 158 valence electrons. The first kappa shape index (κ1) is 21.5. The van der Waals surface area contributed by atoms with Gasteiger partial charge in [-0.3, -0.25) is 14.3 Å². The predicted octanol–water partition coefficient (Wildman–Crippen LogP) is 1.56. The van der Waals surface area contributed by atoms with Crippen LogP contribution >= 0.6 is 0 Å². The van der Waals surface area contributed by atoms with Gasteiger partial charge in [0, 0.05) is 18.2 Å². The normalized spacial score (nSPS) is 11.1. The number of H-pyrrole nitrogens is 1. The molecule has 3 aromatic rings. The van der Waals surface area contributed by atoms with Crippen LogP contribution in [0.5, 0.6) is 11.5 Å². The van der Waals surface area contributed by atoms with Crippen molar-refractivity contribution in [2.45, 2.75) is 26.2 Å². The second-order valence-electron chi connectivity index (χ2n) is 6.91. The van der Waals surface area contributed by atoms with Crippen LogP contribution in [0.2, 0.25) is 0 Å². The number of nitrogens with one attached hydrogen (secondary N) is 1. The van der Waals surface area contributed by atoms with Crippen LogP contribution in [0, 0.1) is 6.92 Å². The fourth-order valence-corrected chi connectivity index (χ4v) is 2.88. The van der Waals surface area contributed by atoms with Crippen molar-refractivity contribution in [1.29, 1.82) is 0 Å². The van der Waals surface area contributed by atoms with E-state index < -0.39 is 17.4 Å². The first-order valence-electron chi connectivity index (χ1n) is 9.48.